The molecule has 0 fully saturated rings. The van der Waals surface area contributed by atoms with E-state index in [2.05, 4.69) is 10.4 Å². The second-order valence-corrected chi connectivity index (χ2v) is 5.97. The van der Waals surface area contributed by atoms with Crippen LogP contribution < -0.4 is 11.1 Å². The van der Waals surface area contributed by atoms with Gasteiger partial charge in [0.25, 0.3) is 5.91 Å². The van der Waals surface area contributed by atoms with E-state index in [1.165, 1.54) is 4.68 Å². The summed E-state index contributed by atoms with van der Waals surface area (Å²) in [5.41, 5.74) is 7.08. The number of ether oxygens (including phenoxy) is 1. The number of nitrogens with zero attached hydrogens (tertiary/aromatic N) is 2. The fourth-order valence-electron chi connectivity index (χ4n) is 2.49. The summed E-state index contributed by atoms with van der Waals surface area (Å²) < 4.78 is 6.33. The summed E-state index contributed by atoms with van der Waals surface area (Å²) in [7, 11) is 0. The normalized spacial score (nSPS) is 10.4. The van der Waals surface area contributed by atoms with Gasteiger partial charge in [-0.2, -0.15) is 5.10 Å². The Labute approximate surface area is 160 Å². The molecule has 1 heterocycles. The van der Waals surface area contributed by atoms with E-state index in [-0.39, 0.29) is 23.7 Å². The first-order valence-corrected chi connectivity index (χ1v) is 8.57. The number of nitrogens with one attached hydrogen (secondary N) is 1. The molecule has 0 radical (unpaired) electrons. The van der Waals surface area contributed by atoms with Gasteiger partial charge in [0.2, 0.25) is 0 Å². The molecule has 0 unspecified atom stereocenters. The molecular formula is C19H17ClN4O3. The predicted molar refractivity (Wildman–Crippen MR) is 103 cm³/mol. The average Bonchev–Trinajstić information content (AvgIpc) is 3.01. The van der Waals surface area contributed by atoms with Crippen LogP contribution in [0, 0.1) is 0 Å². The first kappa shape index (κ1) is 18.5. The van der Waals surface area contributed by atoms with Crippen LogP contribution in [0.25, 0.3) is 5.69 Å². The summed E-state index contributed by atoms with van der Waals surface area (Å²) in [4.78, 5) is 25.1. The monoisotopic (exact) mass is 384 g/mol. The van der Waals surface area contributed by atoms with Crippen molar-refractivity contribution in [1.29, 1.82) is 0 Å². The minimum atomic E-state index is -0.727. The van der Waals surface area contributed by atoms with Gasteiger partial charge < -0.3 is 15.8 Å². The second-order valence-electron chi connectivity index (χ2n) is 5.54. The van der Waals surface area contributed by atoms with Crippen molar-refractivity contribution in [2.75, 3.05) is 17.7 Å². The van der Waals surface area contributed by atoms with Crippen LogP contribution in [-0.2, 0) is 4.74 Å². The van der Waals surface area contributed by atoms with Crippen molar-refractivity contribution in [3.8, 4) is 5.69 Å². The molecule has 1 aromatic heterocycles. The summed E-state index contributed by atoms with van der Waals surface area (Å²) in [6, 6.07) is 15.5. The molecule has 7 nitrogen and oxygen atoms in total. The quantitative estimate of drug-likeness (QED) is 0.655. The van der Waals surface area contributed by atoms with Crippen LogP contribution in [0.15, 0.2) is 54.6 Å². The molecule has 0 saturated heterocycles. The third-order valence-corrected chi connectivity index (χ3v) is 3.97. The highest BCUT2D eigenvalue weighted by molar-refractivity contribution is 6.30. The largest absolute Gasteiger partial charge is 0.461 e. The molecule has 1 amide bonds. The Kier molecular flexibility index (Phi) is 5.42. The van der Waals surface area contributed by atoms with Gasteiger partial charge in [-0.3, -0.25) is 4.79 Å². The average molecular weight is 385 g/mol. The second kappa shape index (κ2) is 7.92. The molecule has 0 saturated carbocycles. The summed E-state index contributed by atoms with van der Waals surface area (Å²) in [5.74, 6) is -1.26. The highest BCUT2D eigenvalue weighted by Gasteiger charge is 2.28. The highest BCUT2D eigenvalue weighted by atomic mass is 35.5. The lowest BCUT2D eigenvalue weighted by atomic mass is 10.2. The van der Waals surface area contributed by atoms with E-state index < -0.39 is 11.9 Å². The van der Waals surface area contributed by atoms with Gasteiger partial charge in [-0.05, 0) is 43.3 Å². The molecule has 8 heteroatoms. The van der Waals surface area contributed by atoms with E-state index in [1.807, 2.05) is 6.07 Å². The number of nitrogen functional groups attached to an aromatic ring is 1. The fraction of sp³-hybridized carbons (Fsp3) is 0.105. The third-order valence-electron chi connectivity index (χ3n) is 3.72. The molecular weight excluding hydrogens is 368 g/mol. The molecule has 0 aliphatic heterocycles. The summed E-state index contributed by atoms with van der Waals surface area (Å²) >= 11 is 5.91. The van der Waals surface area contributed by atoms with E-state index in [1.54, 1.807) is 55.5 Å². The summed E-state index contributed by atoms with van der Waals surface area (Å²) in [5, 5.41) is 7.45. The van der Waals surface area contributed by atoms with Gasteiger partial charge in [0.1, 0.15) is 11.4 Å². The smallest absolute Gasteiger partial charge is 0.359 e. The lowest BCUT2D eigenvalue weighted by molar-refractivity contribution is 0.0516. The molecule has 3 rings (SSSR count). The molecule has 27 heavy (non-hydrogen) atoms. The Morgan fingerprint density at radius 2 is 1.81 bits per heavy atom. The Bertz CT molecular complexity index is 969. The molecule has 138 valence electrons. The number of rotatable bonds is 5. The van der Waals surface area contributed by atoms with Crippen LogP contribution in [0.1, 0.15) is 27.8 Å². The van der Waals surface area contributed by atoms with E-state index in [0.29, 0.717) is 16.4 Å². The number of benzene rings is 2. The zero-order valence-corrected chi connectivity index (χ0v) is 15.2. The number of hydrogen-bond donors (Lipinski definition) is 2. The number of carbonyl (C=O) groups is 2. The SMILES string of the molecule is CCOC(=O)c1nn(-c2ccc(Cl)cc2)c(N)c1C(=O)Nc1ccccc1. The molecule has 0 aliphatic carbocycles. The zero-order chi connectivity index (χ0) is 19.4. The molecule has 0 aliphatic rings. The minimum absolute atomic E-state index is 0.0220. The van der Waals surface area contributed by atoms with Crippen LogP contribution in [0.2, 0.25) is 5.02 Å². The Morgan fingerprint density at radius 1 is 1.15 bits per heavy atom. The zero-order valence-electron chi connectivity index (χ0n) is 14.5. The Morgan fingerprint density at radius 3 is 2.44 bits per heavy atom. The van der Waals surface area contributed by atoms with E-state index in [9.17, 15) is 9.59 Å². The van der Waals surface area contributed by atoms with E-state index in [0.717, 1.165) is 0 Å². The van der Waals surface area contributed by atoms with E-state index >= 15 is 0 Å². The minimum Gasteiger partial charge on any atom is -0.461 e. The molecule has 0 bridgehead atoms. The van der Waals surface area contributed by atoms with Gasteiger partial charge in [0.05, 0.1) is 12.3 Å². The first-order chi connectivity index (χ1) is 13.0. The lowest BCUT2D eigenvalue weighted by Crippen LogP contribution is -2.18. The van der Waals surface area contributed by atoms with Crippen molar-refractivity contribution < 1.29 is 14.3 Å². The number of nitrogens with two attached hydrogens (primary N) is 1. The van der Waals surface area contributed by atoms with Gasteiger partial charge in [-0.25, -0.2) is 9.48 Å². The van der Waals surface area contributed by atoms with Gasteiger partial charge in [-0.15, -0.1) is 0 Å². The number of para-hydroxylation sites is 1. The van der Waals surface area contributed by atoms with Crippen molar-refractivity contribution in [2.45, 2.75) is 6.92 Å². The van der Waals surface area contributed by atoms with Crippen LogP contribution >= 0.6 is 11.6 Å². The van der Waals surface area contributed by atoms with Gasteiger partial charge >= 0.3 is 5.97 Å². The molecule has 0 atom stereocenters. The number of esters is 1. The highest BCUT2D eigenvalue weighted by Crippen LogP contribution is 2.24. The Hall–Kier alpha value is -3.32. The fourth-order valence-corrected chi connectivity index (χ4v) is 2.62. The molecule has 0 spiro atoms. The number of halogens is 1. The van der Waals surface area contributed by atoms with E-state index in [4.69, 9.17) is 22.1 Å². The van der Waals surface area contributed by atoms with Crippen molar-refractivity contribution in [3.63, 3.8) is 0 Å². The number of amides is 1. The topological polar surface area (TPSA) is 99.2 Å². The summed E-state index contributed by atoms with van der Waals surface area (Å²) in [6.07, 6.45) is 0. The maximum atomic E-state index is 12.8. The number of hydrogen-bond acceptors (Lipinski definition) is 5. The van der Waals surface area contributed by atoms with Crippen LogP contribution in [-0.4, -0.2) is 28.3 Å². The van der Waals surface area contributed by atoms with Gasteiger partial charge in [0.15, 0.2) is 5.69 Å². The maximum Gasteiger partial charge on any atom is 0.359 e. The number of carbonyl (C=O) groups excluding carboxylic acids is 2. The van der Waals surface area contributed by atoms with Gasteiger partial charge in [-0.1, -0.05) is 29.8 Å². The van der Waals surface area contributed by atoms with Crippen molar-refractivity contribution >= 4 is 35.0 Å². The number of aromatic nitrogens is 2. The number of anilines is 2. The Balaban J connectivity index is 2.05. The van der Waals surface area contributed by atoms with Crippen LogP contribution in [0.5, 0.6) is 0 Å². The van der Waals surface area contributed by atoms with Crippen LogP contribution in [0.3, 0.4) is 0 Å². The summed E-state index contributed by atoms with van der Waals surface area (Å²) in [6.45, 7) is 1.81. The standard InChI is InChI=1S/C19H17ClN4O3/c1-2-27-19(26)16-15(18(25)22-13-6-4-3-5-7-13)17(21)24(23-16)14-10-8-12(20)9-11-14/h3-11H,2,21H2,1H3,(H,22,25). The maximum absolute atomic E-state index is 12.8. The van der Waals surface area contributed by atoms with Gasteiger partial charge in [0, 0.05) is 10.7 Å². The van der Waals surface area contributed by atoms with Crippen LogP contribution in [0.4, 0.5) is 11.5 Å². The molecule has 3 aromatic rings. The predicted octanol–water partition coefficient (Wildman–Crippen LogP) is 3.54. The van der Waals surface area contributed by atoms with Crippen molar-refractivity contribution in [2.24, 2.45) is 0 Å². The third kappa shape index (κ3) is 3.93. The first-order valence-electron chi connectivity index (χ1n) is 8.19. The van der Waals surface area contributed by atoms with Crippen molar-refractivity contribution in [3.05, 3.63) is 70.9 Å². The lowest BCUT2D eigenvalue weighted by Gasteiger charge is -2.07. The molecule has 2 aromatic carbocycles. The molecule has 3 N–H and O–H groups in total. The van der Waals surface area contributed by atoms with Crippen molar-refractivity contribution in [1.82, 2.24) is 9.78 Å².